The zero-order valence-electron chi connectivity index (χ0n) is 14.8. The molecule has 1 amide bonds. The number of carbonyl (C=O) groups is 1. The SMILES string of the molecule is O=C(Nc1cccc(C(F)(F)F)c1)c1cccc(S(=O)(=O)C2CCS(=O)(=O)C2)c1. The quantitative estimate of drug-likeness (QED) is 0.777. The van der Waals surface area contributed by atoms with Gasteiger partial charge in [-0.25, -0.2) is 16.8 Å². The highest BCUT2D eigenvalue weighted by Crippen LogP contribution is 2.31. The summed E-state index contributed by atoms with van der Waals surface area (Å²) in [6.45, 7) is 0. The minimum atomic E-state index is -4.57. The minimum Gasteiger partial charge on any atom is -0.322 e. The van der Waals surface area contributed by atoms with Crippen LogP contribution < -0.4 is 5.32 Å². The van der Waals surface area contributed by atoms with Gasteiger partial charge in [-0.2, -0.15) is 13.2 Å². The molecule has 1 saturated heterocycles. The van der Waals surface area contributed by atoms with Gasteiger partial charge in [-0.15, -0.1) is 0 Å². The van der Waals surface area contributed by atoms with E-state index < -0.39 is 48.3 Å². The topological polar surface area (TPSA) is 97.4 Å². The van der Waals surface area contributed by atoms with Crippen LogP contribution in [0.4, 0.5) is 18.9 Å². The van der Waals surface area contributed by atoms with Gasteiger partial charge in [-0.05, 0) is 42.8 Å². The first kappa shape index (κ1) is 21.3. The van der Waals surface area contributed by atoms with Crippen LogP contribution >= 0.6 is 0 Å². The van der Waals surface area contributed by atoms with Gasteiger partial charge in [-0.1, -0.05) is 12.1 Å². The maximum absolute atomic E-state index is 12.8. The fourth-order valence-corrected chi connectivity index (χ4v) is 7.39. The molecule has 0 saturated carbocycles. The molecule has 1 N–H and O–H groups in total. The molecule has 29 heavy (non-hydrogen) atoms. The summed E-state index contributed by atoms with van der Waals surface area (Å²) >= 11 is 0. The average molecular weight is 447 g/mol. The van der Waals surface area contributed by atoms with Gasteiger partial charge >= 0.3 is 6.18 Å². The summed E-state index contributed by atoms with van der Waals surface area (Å²) in [6.07, 6.45) is -4.60. The number of hydrogen-bond donors (Lipinski definition) is 1. The molecule has 0 bridgehead atoms. The second kappa shape index (κ2) is 7.45. The summed E-state index contributed by atoms with van der Waals surface area (Å²) in [6, 6.07) is 9.01. The normalized spacial score (nSPS) is 19.1. The van der Waals surface area contributed by atoms with Crippen molar-refractivity contribution in [2.45, 2.75) is 22.7 Å². The summed E-state index contributed by atoms with van der Waals surface area (Å²) in [7, 11) is -7.39. The van der Waals surface area contributed by atoms with E-state index in [-0.39, 0.29) is 28.3 Å². The molecule has 1 atom stereocenters. The van der Waals surface area contributed by atoms with Crippen molar-refractivity contribution in [1.82, 2.24) is 0 Å². The molecule has 1 heterocycles. The van der Waals surface area contributed by atoms with E-state index in [0.717, 1.165) is 24.3 Å². The molecule has 1 fully saturated rings. The van der Waals surface area contributed by atoms with Gasteiger partial charge in [-0.3, -0.25) is 4.79 Å². The first-order valence-corrected chi connectivity index (χ1v) is 11.8. The number of hydrogen-bond acceptors (Lipinski definition) is 5. The number of benzene rings is 2. The molecule has 2 aromatic rings. The Bertz CT molecular complexity index is 1160. The van der Waals surface area contributed by atoms with E-state index in [0.29, 0.717) is 0 Å². The highest BCUT2D eigenvalue weighted by atomic mass is 32.2. The monoisotopic (exact) mass is 447 g/mol. The third-order valence-corrected chi connectivity index (χ3v) is 8.67. The molecule has 1 aliphatic heterocycles. The molecule has 1 unspecified atom stereocenters. The van der Waals surface area contributed by atoms with Gasteiger partial charge in [0.05, 0.1) is 27.2 Å². The second-order valence-electron chi connectivity index (χ2n) is 6.63. The van der Waals surface area contributed by atoms with Gasteiger partial charge in [0.2, 0.25) is 0 Å². The van der Waals surface area contributed by atoms with Crippen LogP contribution in [0.2, 0.25) is 0 Å². The molecule has 2 aromatic carbocycles. The minimum absolute atomic E-state index is 0.0225. The number of carbonyl (C=O) groups excluding carboxylic acids is 1. The second-order valence-corrected chi connectivity index (χ2v) is 11.1. The maximum atomic E-state index is 12.8. The molecular formula is C18H16F3NO5S2. The Kier molecular flexibility index (Phi) is 5.48. The van der Waals surface area contributed by atoms with Crippen LogP contribution in [-0.2, 0) is 25.9 Å². The summed E-state index contributed by atoms with van der Waals surface area (Å²) < 4.78 is 86.9. The van der Waals surface area contributed by atoms with Crippen molar-refractivity contribution < 1.29 is 34.8 Å². The number of anilines is 1. The Morgan fingerprint density at radius 2 is 1.76 bits per heavy atom. The Labute approximate surface area is 165 Å². The van der Waals surface area contributed by atoms with Crippen LogP contribution in [0.3, 0.4) is 0 Å². The van der Waals surface area contributed by atoms with Crippen LogP contribution in [-0.4, -0.2) is 39.5 Å². The number of alkyl halides is 3. The van der Waals surface area contributed by atoms with E-state index in [2.05, 4.69) is 5.32 Å². The van der Waals surface area contributed by atoms with Crippen LogP contribution in [0.1, 0.15) is 22.3 Å². The van der Waals surface area contributed by atoms with Crippen molar-refractivity contribution in [3.05, 3.63) is 59.7 Å². The van der Waals surface area contributed by atoms with Crippen molar-refractivity contribution in [2.75, 3.05) is 16.8 Å². The summed E-state index contributed by atoms with van der Waals surface area (Å²) in [5.41, 5.74) is -1.11. The third-order valence-electron chi connectivity index (χ3n) is 4.50. The molecule has 0 radical (unpaired) electrons. The van der Waals surface area contributed by atoms with E-state index >= 15 is 0 Å². The lowest BCUT2D eigenvalue weighted by molar-refractivity contribution is -0.137. The van der Waals surface area contributed by atoms with Crippen LogP contribution in [0, 0.1) is 0 Å². The number of halogens is 3. The highest BCUT2D eigenvalue weighted by Gasteiger charge is 2.38. The molecule has 0 aromatic heterocycles. The molecule has 156 valence electrons. The van der Waals surface area contributed by atoms with Crippen molar-refractivity contribution in [1.29, 1.82) is 0 Å². The third kappa shape index (κ3) is 4.78. The van der Waals surface area contributed by atoms with Crippen molar-refractivity contribution >= 4 is 31.3 Å². The Morgan fingerprint density at radius 1 is 1.07 bits per heavy atom. The first-order valence-electron chi connectivity index (χ1n) is 8.41. The van der Waals surface area contributed by atoms with Crippen LogP contribution in [0.5, 0.6) is 0 Å². The average Bonchev–Trinajstić information content (AvgIpc) is 3.02. The number of sulfone groups is 2. The van der Waals surface area contributed by atoms with E-state index in [1.165, 1.54) is 24.3 Å². The van der Waals surface area contributed by atoms with Gasteiger partial charge in [0.15, 0.2) is 19.7 Å². The lowest BCUT2D eigenvalue weighted by Gasteiger charge is -2.12. The molecular weight excluding hydrogens is 431 g/mol. The summed E-state index contributed by atoms with van der Waals surface area (Å²) in [4.78, 5) is 12.2. The highest BCUT2D eigenvalue weighted by molar-refractivity contribution is 7.96. The predicted octanol–water partition coefficient (Wildman–Crippen LogP) is 2.92. The lowest BCUT2D eigenvalue weighted by Crippen LogP contribution is -2.23. The Hall–Kier alpha value is -2.40. The van der Waals surface area contributed by atoms with Gasteiger partial charge in [0.25, 0.3) is 5.91 Å². The zero-order valence-corrected chi connectivity index (χ0v) is 16.4. The largest absolute Gasteiger partial charge is 0.416 e. The van der Waals surface area contributed by atoms with E-state index in [1.807, 2.05) is 0 Å². The first-order chi connectivity index (χ1) is 13.4. The molecule has 0 aliphatic carbocycles. The molecule has 6 nitrogen and oxygen atoms in total. The van der Waals surface area contributed by atoms with E-state index in [1.54, 1.807) is 0 Å². The fourth-order valence-electron chi connectivity index (χ4n) is 2.99. The molecule has 11 heteroatoms. The molecule has 0 spiro atoms. The zero-order chi connectivity index (χ0) is 21.4. The van der Waals surface area contributed by atoms with Crippen molar-refractivity contribution in [2.24, 2.45) is 0 Å². The van der Waals surface area contributed by atoms with Gasteiger partial charge < -0.3 is 5.32 Å². The standard InChI is InChI=1S/C18H16F3NO5S2/c19-18(20,21)13-4-2-5-14(10-13)22-17(23)12-3-1-6-15(9-12)29(26,27)16-7-8-28(24,25)11-16/h1-6,9-10,16H,7-8,11H2,(H,22,23). The van der Waals surface area contributed by atoms with Crippen molar-refractivity contribution in [3.63, 3.8) is 0 Å². The van der Waals surface area contributed by atoms with E-state index in [4.69, 9.17) is 0 Å². The Balaban J connectivity index is 1.84. The lowest BCUT2D eigenvalue weighted by atomic mass is 10.1. The maximum Gasteiger partial charge on any atom is 0.416 e. The molecule has 3 rings (SSSR count). The molecule has 1 aliphatic rings. The summed E-state index contributed by atoms with van der Waals surface area (Å²) in [5, 5.41) is 1.21. The fraction of sp³-hybridized carbons (Fsp3) is 0.278. The predicted molar refractivity (Wildman–Crippen MR) is 100 cm³/mol. The van der Waals surface area contributed by atoms with Crippen LogP contribution in [0.15, 0.2) is 53.4 Å². The number of nitrogens with one attached hydrogen (secondary N) is 1. The smallest absolute Gasteiger partial charge is 0.322 e. The van der Waals surface area contributed by atoms with Gasteiger partial charge in [0, 0.05) is 11.3 Å². The number of rotatable bonds is 4. The Morgan fingerprint density at radius 3 is 2.38 bits per heavy atom. The number of amides is 1. The van der Waals surface area contributed by atoms with Crippen LogP contribution in [0.25, 0.3) is 0 Å². The van der Waals surface area contributed by atoms with E-state index in [9.17, 15) is 34.8 Å². The van der Waals surface area contributed by atoms with Crippen molar-refractivity contribution in [3.8, 4) is 0 Å². The van der Waals surface area contributed by atoms with Gasteiger partial charge in [0.1, 0.15) is 0 Å². The summed E-state index contributed by atoms with van der Waals surface area (Å²) in [5.74, 6) is -1.48.